The first kappa shape index (κ1) is 17.1. The van der Waals surface area contributed by atoms with Crippen LogP contribution in [-0.2, 0) is 11.2 Å². The fraction of sp³-hybridized carbons (Fsp3) is 0.529. The van der Waals surface area contributed by atoms with Gasteiger partial charge in [0.15, 0.2) is 0 Å². The molecule has 130 valence electrons. The molecule has 2 saturated heterocycles. The Balaban J connectivity index is 1.42. The molecule has 1 aromatic rings. The standard InChI is InChI=1S/C17H24N4O2S/c22-16-11-15(12-18-16)20-17(23)19-14-3-1-13(2-4-14)5-6-21-7-9-24-10-8-21/h1-4,15H,5-12H2,(H,18,22)(H2,19,20,23)/t15-/m0/s1. The number of carbonyl (C=O) groups is 2. The van der Waals surface area contributed by atoms with Crippen molar-refractivity contribution in [2.45, 2.75) is 18.9 Å². The van der Waals surface area contributed by atoms with Gasteiger partial charge in [0, 0.05) is 49.8 Å². The summed E-state index contributed by atoms with van der Waals surface area (Å²) in [5, 5.41) is 8.31. The maximum atomic E-state index is 11.9. The Morgan fingerprint density at radius 3 is 2.67 bits per heavy atom. The molecule has 2 aliphatic heterocycles. The Bertz CT molecular complexity index is 572. The number of amides is 3. The van der Waals surface area contributed by atoms with Crippen LogP contribution in [0.4, 0.5) is 10.5 Å². The van der Waals surface area contributed by atoms with Crippen LogP contribution in [0.15, 0.2) is 24.3 Å². The lowest BCUT2D eigenvalue weighted by Crippen LogP contribution is -2.39. The summed E-state index contributed by atoms with van der Waals surface area (Å²) in [5.41, 5.74) is 2.05. The Morgan fingerprint density at radius 1 is 1.25 bits per heavy atom. The van der Waals surface area contributed by atoms with E-state index >= 15 is 0 Å². The van der Waals surface area contributed by atoms with Gasteiger partial charge in [-0.1, -0.05) is 12.1 Å². The predicted octanol–water partition coefficient (Wildman–Crippen LogP) is 1.29. The summed E-state index contributed by atoms with van der Waals surface area (Å²) >= 11 is 2.03. The van der Waals surface area contributed by atoms with Crippen LogP contribution in [0.1, 0.15) is 12.0 Å². The van der Waals surface area contributed by atoms with E-state index in [1.165, 1.54) is 30.2 Å². The summed E-state index contributed by atoms with van der Waals surface area (Å²) < 4.78 is 0. The zero-order valence-corrected chi connectivity index (χ0v) is 14.5. The fourth-order valence-corrected chi connectivity index (χ4v) is 3.91. The van der Waals surface area contributed by atoms with Gasteiger partial charge in [0.05, 0.1) is 6.04 Å². The molecule has 0 bridgehead atoms. The van der Waals surface area contributed by atoms with Crippen molar-refractivity contribution >= 4 is 29.4 Å². The summed E-state index contributed by atoms with van der Waals surface area (Å²) in [7, 11) is 0. The van der Waals surface area contributed by atoms with Crippen LogP contribution in [0.5, 0.6) is 0 Å². The van der Waals surface area contributed by atoms with Crippen LogP contribution < -0.4 is 16.0 Å². The zero-order chi connectivity index (χ0) is 16.8. The topological polar surface area (TPSA) is 73.5 Å². The lowest BCUT2D eigenvalue weighted by Gasteiger charge is -2.26. The molecular formula is C17H24N4O2S. The minimum absolute atomic E-state index is 0.0167. The number of benzene rings is 1. The van der Waals surface area contributed by atoms with Gasteiger partial charge >= 0.3 is 6.03 Å². The number of hydrogen-bond donors (Lipinski definition) is 3. The smallest absolute Gasteiger partial charge is 0.319 e. The lowest BCUT2D eigenvalue weighted by atomic mass is 10.1. The Kier molecular flexibility index (Phi) is 5.98. The van der Waals surface area contributed by atoms with Crippen molar-refractivity contribution in [3.8, 4) is 0 Å². The van der Waals surface area contributed by atoms with Crippen LogP contribution in [0, 0.1) is 0 Å². The fourth-order valence-electron chi connectivity index (χ4n) is 2.93. The van der Waals surface area contributed by atoms with Gasteiger partial charge in [0.2, 0.25) is 5.91 Å². The van der Waals surface area contributed by atoms with Crippen LogP contribution in [0.3, 0.4) is 0 Å². The first-order valence-electron chi connectivity index (χ1n) is 8.42. The number of anilines is 1. The molecule has 3 amide bonds. The Labute approximate surface area is 146 Å². The predicted molar refractivity (Wildman–Crippen MR) is 97.5 cm³/mol. The van der Waals surface area contributed by atoms with E-state index < -0.39 is 0 Å². The van der Waals surface area contributed by atoms with Crippen LogP contribution in [0.2, 0.25) is 0 Å². The van der Waals surface area contributed by atoms with Crippen molar-refractivity contribution in [1.82, 2.24) is 15.5 Å². The number of thioether (sulfide) groups is 1. The summed E-state index contributed by atoms with van der Waals surface area (Å²) in [6.07, 6.45) is 1.38. The molecule has 1 aromatic carbocycles. The van der Waals surface area contributed by atoms with Gasteiger partial charge in [-0.3, -0.25) is 4.79 Å². The van der Waals surface area contributed by atoms with Gasteiger partial charge < -0.3 is 20.9 Å². The van der Waals surface area contributed by atoms with E-state index in [1.807, 2.05) is 23.9 Å². The van der Waals surface area contributed by atoms with Crippen molar-refractivity contribution in [1.29, 1.82) is 0 Å². The second-order valence-corrected chi connectivity index (χ2v) is 7.43. The SMILES string of the molecule is O=C1C[C@H](NC(=O)Nc2ccc(CCN3CCSCC3)cc2)CN1. The number of nitrogens with one attached hydrogen (secondary N) is 3. The third-order valence-corrected chi connectivity index (χ3v) is 5.29. The molecular weight excluding hydrogens is 324 g/mol. The molecule has 0 saturated carbocycles. The van der Waals surface area contributed by atoms with Crippen LogP contribution in [-0.4, -0.2) is 60.6 Å². The number of carbonyl (C=O) groups excluding carboxylic acids is 2. The van der Waals surface area contributed by atoms with E-state index in [0.29, 0.717) is 13.0 Å². The number of hydrogen-bond acceptors (Lipinski definition) is 4. The highest BCUT2D eigenvalue weighted by molar-refractivity contribution is 7.99. The average molecular weight is 348 g/mol. The number of urea groups is 1. The molecule has 3 rings (SSSR count). The molecule has 24 heavy (non-hydrogen) atoms. The number of rotatable bonds is 5. The first-order chi connectivity index (χ1) is 11.7. The van der Waals surface area contributed by atoms with Crippen molar-refractivity contribution in [3.63, 3.8) is 0 Å². The van der Waals surface area contributed by atoms with E-state index in [9.17, 15) is 9.59 Å². The molecule has 2 fully saturated rings. The third-order valence-electron chi connectivity index (χ3n) is 4.34. The average Bonchev–Trinajstić information content (AvgIpc) is 3.00. The highest BCUT2D eigenvalue weighted by Crippen LogP contribution is 2.13. The van der Waals surface area contributed by atoms with Crippen molar-refractivity contribution in [3.05, 3.63) is 29.8 Å². The second kappa shape index (κ2) is 8.39. The van der Waals surface area contributed by atoms with Crippen LogP contribution >= 0.6 is 11.8 Å². The largest absolute Gasteiger partial charge is 0.354 e. The van der Waals surface area contributed by atoms with Crippen molar-refractivity contribution < 1.29 is 9.59 Å². The monoisotopic (exact) mass is 348 g/mol. The second-order valence-electron chi connectivity index (χ2n) is 6.20. The van der Waals surface area contributed by atoms with Gasteiger partial charge in [-0.05, 0) is 24.1 Å². The molecule has 0 unspecified atom stereocenters. The van der Waals surface area contributed by atoms with Gasteiger partial charge in [-0.15, -0.1) is 0 Å². The van der Waals surface area contributed by atoms with Crippen molar-refractivity contribution in [2.75, 3.05) is 43.0 Å². The molecule has 1 atom stereocenters. The quantitative estimate of drug-likeness (QED) is 0.750. The molecule has 0 radical (unpaired) electrons. The van der Waals surface area contributed by atoms with E-state index in [0.717, 1.165) is 18.7 Å². The minimum Gasteiger partial charge on any atom is -0.354 e. The molecule has 2 aliphatic rings. The summed E-state index contributed by atoms with van der Waals surface area (Å²) in [5.74, 6) is 2.46. The molecule has 6 nitrogen and oxygen atoms in total. The highest BCUT2D eigenvalue weighted by atomic mass is 32.2. The Morgan fingerprint density at radius 2 is 2.00 bits per heavy atom. The van der Waals surface area contributed by atoms with Gasteiger partial charge in [-0.2, -0.15) is 11.8 Å². The molecule has 0 aliphatic carbocycles. The molecule has 0 aromatic heterocycles. The molecule has 3 N–H and O–H groups in total. The maximum Gasteiger partial charge on any atom is 0.319 e. The lowest BCUT2D eigenvalue weighted by molar-refractivity contribution is -0.119. The van der Waals surface area contributed by atoms with Gasteiger partial charge in [-0.25, -0.2) is 4.79 Å². The van der Waals surface area contributed by atoms with E-state index in [2.05, 4.69) is 33.0 Å². The summed E-state index contributed by atoms with van der Waals surface area (Å²) in [4.78, 5) is 25.5. The Hall–Kier alpha value is -1.73. The highest BCUT2D eigenvalue weighted by Gasteiger charge is 2.22. The molecule has 0 spiro atoms. The van der Waals surface area contributed by atoms with E-state index in [-0.39, 0.29) is 18.0 Å². The molecule has 2 heterocycles. The first-order valence-corrected chi connectivity index (χ1v) is 9.58. The third kappa shape index (κ3) is 5.14. The summed E-state index contributed by atoms with van der Waals surface area (Å²) in [6.45, 7) is 3.96. The normalized spacial score (nSPS) is 21.3. The minimum atomic E-state index is -0.268. The number of nitrogens with zero attached hydrogens (tertiary/aromatic N) is 1. The van der Waals surface area contributed by atoms with Gasteiger partial charge in [0.1, 0.15) is 0 Å². The summed E-state index contributed by atoms with van der Waals surface area (Å²) in [6, 6.07) is 7.59. The zero-order valence-electron chi connectivity index (χ0n) is 13.7. The van der Waals surface area contributed by atoms with Crippen molar-refractivity contribution in [2.24, 2.45) is 0 Å². The maximum absolute atomic E-state index is 11.9. The molecule has 7 heteroatoms. The van der Waals surface area contributed by atoms with Gasteiger partial charge in [0.25, 0.3) is 0 Å². The van der Waals surface area contributed by atoms with E-state index in [4.69, 9.17) is 0 Å². The van der Waals surface area contributed by atoms with E-state index in [1.54, 1.807) is 0 Å². The van der Waals surface area contributed by atoms with Crippen LogP contribution in [0.25, 0.3) is 0 Å².